The molecule has 0 spiro atoms. The molecule has 5 heteroatoms. The summed E-state index contributed by atoms with van der Waals surface area (Å²) in [4.78, 5) is 11.8. The van der Waals surface area contributed by atoms with Crippen LogP contribution in [0.15, 0.2) is 24.3 Å². The van der Waals surface area contributed by atoms with Crippen molar-refractivity contribution in [1.29, 1.82) is 0 Å². The predicted octanol–water partition coefficient (Wildman–Crippen LogP) is 1.20. The van der Waals surface area contributed by atoms with E-state index in [0.717, 1.165) is 5.75 Å². The van der Waals surface area contributed by atoms with E-state index in [9.17, 15) is 9.90 Å². The van der Waals surface area contributed by atoms with Crippen LogP contribution in [-0.4, -0.2) is 42.9 Å². The minimum absolute atomic E-state index is 0.0803. The van der Waals surface area contributed by atoms with Gasteiger partial charge >= 0.3 is 0 Å². The van der Waals surface area contributed by atoms with Crippen molar-refractivity contribution in [3.8, 4) is 5.75 Å². The Labute approximate surface area is 132 Å². The zero-order chi connectivity index (χ0) is 16.2. The summed E-state index contributed by atoms with van der Waals surface area (Å²) in [5, 5.41) is 15.2. The predicted molar refractivity (Wildman–Crippen MR) is 86.1 cm³/mol. The number of ether oxygens (including phenoxy) is 1. The van der Waals surface area contributed by atoms with E-state index in [2.05, 4.69) is 43.5 Å². The zero-order valence-corrected chi connectivity index (χ0v) is 13.6. The largest absolute Gasteiger partial charge is 0.492 e. The quantitative estimate of drug-likeness (QED) is 0.715. The molecule has 0 aromatic heterocycles. The highest BCUT2D eigenvalue weighted by atomic mass is 16.5. The minimum atomic E-state index is -0.423. The van der Waals surface area contributed by atoms with Crippen LogP contribution in [0.4, 0.5) is 0 Å². The summed E-state index contributed by atoms with van der Waals surface area (Å²) in [5.74, 6) is 0.722. The molecule has 1 aromatic carbocycles. The molecule has 1 aromatic rings. The number of amides is 1. The van der Waals surface area contributed by atoms with Crippen LogP contribution < -0.4 is 15.4 Å². The number of benzene rings is 1. The zero-order valence-electron chi connectivity index (χ0n) is 13.6. The van der Waals surface area contributed by atoms with Gasteiger partial charge in [-0.2, -0.15) is 0 Å². The van der Waals surface area contributed by atoms with Crippen LogP contribution in [0, 0.1) is 0 Å². The Morgan fingerprint density at radius 1 is 1.36 bits per heavy atom. The van der Waals surface area contributed by atoms with Crippen LogP contribution in [0.1, 0.15) is 32.8 Å². The lowest BCUT2D eigenvalue weighted by Gasteiger charge is -2.19. The van der Waals surface area contributed by atoms with E-state index in [4.69, 9.17) is 4.74 Å². The molecular formula is C17H26N2O3. The minimum Gasteiger partial charge on any atom is -0.492 e. The Morgan fingerprint density at radius 3 is 2.59 bits per heavy atom. The third-order valence-electron chi connectivity index (χ3n) is 3.81. The average Bonchev–Trinajstić information content (AvgIpc) is 2.89. The van der Waals surface area contributed by atoms with Gasteiger partial charge in [-0.25, -0.2) is 0 Å². The first-order valence-corrected chi connectivity index (χ1v) is 7.79. The first-order valence-electron chi connectivity index (χ1n) is 7.79. The number of hydrogen-bond donors (Lipinski definition) is 3. The number of rotatable bonds is 5. The van der Waals surface area contributed by atoms with Crippen molar-refractivity contribution in [3.63, 3.8) is 0 Å². The second-order valence-corrected chi connectivity index (χ2v) is 6.76. The van der Waals surface area contributed by atoms with E-state index < -0.39 is 6.10 Å². The summed E-state index contributed by atoms with van der Waals surface area (Å²) in [5.41, 5.74) is 1.39. The molecule has 1 saturated heterocycles. The van der Waals surface area contributed by atoms with Crippen molar-refractivity contribution in [1.82, 2.24) is 10.6 Å². The highest BCUT2D eigenvalue weighted by Crippen LogP contribution is 2.24. The summed E-state index contributed by atoms with van der Waals surface area (Å²) < 4.78 is 5.62. The van der Waals surface area contributed by atoms with Crippen molar-refractivity contribution < 1.29 is 14.6 Å². The fourth-order valence-electron chi connectivity index (χ4n) is 2.43. The molecule has 0 bridgehead atoms. The van der Waals surface area contributed by atoms with Gasteiger partial charge in [0.15, 0.2) is 0 Å². The van der Waals surface area contributed by atoms with E-state index in [0.29, 0.717) is 26.1 Å². The molecule has 1 aliphatic heterocycles. The average molecular weight is 306 g/mol. The molecule has 0 aliphatic carbocycles. The molecule has 1 fully saturated rings. The second kappa shape index (κ2) is 7.11. The van der Waals surface area contributed by atoms with Gasteiger partial charge in [-0.15, -0.1) is 0 Å². The maximum absolute atomic E-state index is 11.8. The molecule has 0 unspecified atom stereocenters. The van der Waals surface area contributed by atoms with Crippen LogP contribution in [0.5, 0.6) is 5.75 Å². The van der Waals surface area contributed by atoms with Crippen molar-refractivity contribution in [2.45, 2.75) is 44.8 Å². The van der Waals surface area contributed by atoms with E-state index in [-0.39, 0.29) is 17.4 Å². The van der Waals surface area contributed by atoms with Gasteiger partial charge in [-0.05, 0) is 29.5 Å². The van der Waals surface area contributed by atoms with Crippen molar-refractivity contribution in [2.75, 3.05) is 19.7 Å². The van der Waals surface area contributed by atoms with E-state index >= 15 is 0 Å². The molecule has 5 nitrogen and oxygen atoms in total. The van der Waals surface area contributed by atoms with Gasteiger partial charge in [0.1, 0.15) is 12.4 Å². The van der Waals surface area contributed by atoms with E-state index in [1.165, 1.54) is 5.56 Å². The molecule has 3 N–H and O–H groups in total. The number of β-amino-alcohol motifs (C(OH)–C–C–N with tert-alkyl or cyclic N) is 1. The van der Waals surface area contributed by atoms with Gasteiger partial charge in [0.05, 0.1) is 18.7 Å². The Morgan fingerprint density at radius 2 is 2.05 bits per heavy atom. The van der Waals surface area contributed by atoms with Crippen LogP contribution in [-0.2, 0) is 10.2 Å². The molecular weight excluding hydrogens is 280 g/mol. The summed E-state index contributed by atoms with van der Waals surface area (Å²) >= 11 is 0. The van der Waals surface area contributed by atoms with Gasteiger partial charge in [0, 0.05) is 6.54 Å². The van der Waals surface area contributed by atoms with Gasteiger partial charge in [0.2, 0.25) is 5.91 Å². The SMILES string of the molecule is CC(C)(C)c1ccc(OCCNC(=O)[C@H]2C[C@H](O)CN2)cc1. The topological polar surface area (TPSA) is 70.6 Å². The normalized spacial score (nSPS) is 21.6. The van der Waals surface area contributed by atoms with Crippen molar-refractivity contribution in [3.05, 3.63) is 29.8 Å². The third kappa shape index (κ3) is 4.71. The number of carbonyl (C=O) groups excluding carboxylic acids is 1. The number of aliphatic hydroxyl groups is 1. The molecule has 122 valence electrons. The fraction of sp³-hybridized carbons (Fsp3) is 0.588. The summed E-state index contributed by atoms with van der Waals surface area (Å²) in [6, 6.07) is 7.76. The fourth-order valence-corrected chi connectivity index (χ4v) is 2.43. The second-order valence-electron chi connectivity index (χ2n) is 6.76. The lowest BCUT2D eigenvalue weighted by atomic mass is 9.87. The van der Waals surface area contributed by atoms with Gasteiger partial charge in [0.25, 0.3) is 0 Å². The lowest BCUT2D eigenvalue weighted by Crippen LogP contribution is -2.41. The van der Waals surface area contributed by atoms with Gasteiger partial charge < -0.3 is 20.5 Å². The smallest absolute Gasteiger partial charge is 0.237 e. The van der Waals surface area contributed by atoms with Crippen molar-refractivity contribution in [2.24, 2.45) is 0 Å². The summed E-state index contributed by atoms with van der Waals surface area (Å²) in [7, 11) is 0. The highest BCUT2D eigenvalue weighted by Gasteiger charge is 2.27. The first-order chi connectivity index (χ1) is 10.4. The Balaban J connectivity index is 1.69. The highest BCUT2D eigenvalue weighted by molar-refractivity contribution is 5.82. The number of carbonyl (C=O) groups is 1. The molecule has 2 rings (SSSR count). The van der Waals surface area contributed by atoms with Crippen LogP contribution in [0.3, 0.4) is 0 Å². The standard InChI is InChI=1S/C17H26N2O3/c1-17(2,3)12-4-6-14(7-5-12)22-9-8-18-16(21)15-10-13(20)11-19-15/h4-7,13,15,19-20H,8-11H2,1-3H3,(H,18,21)/t13-,15+/m0/s1. The Bertz CT molecular complexity index is 494. The van der Waals surface area contributed by atoms with Crippen LogP contribution in [0.25, 0.3) is 0 Å². The maximum atomic E-state index is 11.8. The monoisotopic (exact) mass is 306 g/mol. The maximum Gasteiger partial charge on any atom is 0.237 e. The molecule has 2 atom stereocenters. The van der Waals surface area contributed by atoms with Gasteiger partial charge in [-0.3, -0.25) is 4.79 Å². The summed E-state index contributed by atoms with van der Waals surface area (Å²) in [6.07, 6.45) is 0.0503. The van der Waals surface area contributed by atoms with Crippen LogP contribution >= 0.6 is 0 Å². The lowest BCUT2D eigenvalue weighted by molar-refractivity contribution is -0.123. The Hall–Kier alpha value is -1.59. The molecule has 1 amide bonds. The summed E-state index contributed by atoms with van der Waals surface area (Å²) in [6.45, 7) is 7.88. The van der Waals surface area contributed by atoms with E-state index in [1.54, 1.807) is 0 Å². The number of nitrogens with one attached hydrogen (secondary N) is 2. The van der Waals surface area contributed by atoms with Gasteiger partial charge in [-0.1, -0.05) is 32.9 Å². The molecule has 1 heterocycles. The van der Waals surface area contributed by atoms with E-state index in [1.807, 2.05) is 12.1 Å². The Kier molecular flexibility index (Phi) is 5.42. The molecule has 22 heavy (non-hydrogen) atoms. The number of aliphatic hydroxyl groups excluding tert-OH is 1. The molecule has 0 saturated carbocycles. The third-order valence-corrected chi connectivity index (χ3v) is 3.81. The van der Waals surface area contributed by atoms with Crippen molar-refractivity contribution >= 4 is 5.91 Å². The van der Waals surface area contributed by atoms with Crippen LogP contribution in [0.2, 0.25) is 0 Å². The number of hydrogen-bond acceptors (Lipinski definition) is 4. The first kappa shape index (κ1) is 16.8. The molecule has 1 aliphatic rings. The molecule has 0 radical (unpaired) electrons.